The Morgan fingerprint density at radius 1 is 1.55 bits per heavy atom. The van der Waals surface area contributed by atoms with Crippen LogP contribution < -0.4 is 10.6 Å². The maximum atomic E-state index is 11.9. The van der Waals surface area contributed by atoms with E-state index in [1.807, 2.05) is 12.3 Å². The van der Waals surface area contributed by atoms with Crippen LogP contribution in [-0.4, -0.2) is 38.3 Å². The van der Waals surface area contributed by atoms with Crippen LogP contribution in [0.25, 0.3) is 0 Å². The third kappa shape index (κ3) is 4.45. The van der Waals surface area contributed by atoms with Crippen LogP contribution in [0.15, 0.2) is 5.38 Å². The first kappa shape index (κ1) is 15.8. The number of carbonyl (C=O) groups excluding carboxylic acids is 1. The Morgan fingerprint density at radius 2 is 2.30 bits per heavy atom. The van der Waals surface area contributed by atoms with E-state index in [1.54, 1.807) is 0 Å². The van der Waals surface area contributed by atoms with E-state index in [1.165, 1.54) is 11.3 Å². The van der Waals surface area contributed by atoms with Crippen molar-refractivity contribution in [1.29, 1.82) is 0 Å². The van der Waals surface area contributed by atoms with Crippen molar-refractivity contribution >= 4 is 28.8 Å². The van der Waals surface area contributed by atoms with Crippen molar-refractivity contribution in [2.24, 2.45) is 0 Å². The smallest absolute Gasteiger partial charge is 0.262 e. The molecule has 1 aliphatic heterocycles. The minimum Gasteiger partial charge on any atom is -0.378 e. The quantitative estimate of drug-likeness (QED) is 0.793. The summed E-state index contributed by atoms with van der Waals surface area (Å²) in [6.07, 6.45) is 3.37. The van der Waals surface area contributed by atoms with E-state index in [-0.39, 0.29) is 5.91 Å². The maximum Gasteiger partial charge on any atom is 0.262 e. The topological polar surface area (TPSA) is 50.4 Å². The van der Waals surface area contributed by atoms with E-state index in [4.69, 9.17) is 16.3 Å². The zero-order valence-corrected chi connectivity index (χ0v) is 13.3. The molecule has 2 rings (SSSR count). The highest BCUT2D eigenvalue weighted by Crippen LogP contribution is 2.26. The standard InChI is InChI=1S/C14H21ClN2O2S/c1-10-9-20-13(12(10)15)14(18)17-5-2-8-19-11-3-6-16-7-4-11/h9,11,16H,2-8H2,1H3,(H,17,18). The zero-order valence-electron chi connectivity index (χ0n) is 11.7. The van der Waals surface area contributed by atoms with E-state index in [2.05, 4.69) is 10.6 Å². The molecule has 112 valence electrons. The van der Waals surface area contributed by atoms with Gasteiger partial charge in [0.25, 0.3) is 5.91 Å². The number of rotatable bonds is 6. The van der Waals surface area contributed by atoms with Crippen molar-refractivity contribution in [3.63, 3.8) is 0 Å². The molecule has 1 aromatic rings. The minimum atomic E-state index is -0.0880. The largest absolute Gasteiger partial charge is 0.378 e. The van der Waals surface area contributed by atoms with Crippen LogP contribution in [0.2, 0.25) is 5.02 Å². The third-order valence-corrected chi connectivity index (χ3v) is 5.05. The molecule has 4 nitrogen and oxygen atoms in total. The molecule has 0 unspecified atom stereocenters. The summed E-state index contributed by atoms with van der Waals surface area (Å²) in [5, 5.41) is 8.66. The van der Waals surface area contributed by atoms with E-state index in [9.17, 15) is 4.79 Å². The summed E-state index contributed by atoms with van der Waals surface area (Å²) < 4.78 is 5.78. The highest BCUT2D eigenvalue weighted by Gasteiger charge is 2.15. The number of nitrogens with one attached hydrogen (secondary N) is 2. The lowest BCUT2D eigenvalue weighted by Crippen LogP contribution is -2.33. The summed E-state index contributed by atoms with van der Waals surface area (Å²) in [6.45, 7) is 5.30. The van der Waals surface area contributed by atoms with Crippen LogP contribution in [0.4, 0.5) is 0 Å². The van der Waals surface area contributed by atoms with Crippen molar-refractivity contribution in [2.75, 3.05) is 26.2 Å². The zero-order chi connectivity index (χ0) is 14.4. The first-order valence-electron chi connectivity index (χ1n) is 7.02. The molecule has 0 radical (unpaired) electrons. The van der Waals surface area contributed by atoms with Crippen molar-refractivity contribution in [3.05, 3.63) is 20.8 Å². The van der Waals surface area contributed by atoms with E-state index < -0.39 is 0 Å². The van der Waals surface area contributed by atoms with E-state index >= 15 is 0 Å². The lowest BCUT2D eigenvalue weighted by molar-refractivity contribution is 0.0318. The first-order valence-corrected chi connectivity index (χ1v) is 8.28. The summed E-state index contributed by atoms with van der Waals surface area (Å²) in [7, 11) is 0. The monoisotopic (exact) mass is 316 g/mol. The summed E-state index contributed by atoms with van der Waals surface area (Å²) >= 11 is 7.45. The number of hydrogen-bond donors (Lipinski definition) is 2. The van der Waals surface area contributed by atoms with Gasteiger partial charge in [-0.15, -0.1) is 11.3 Å². The fraction of sp³-hybridized carbons (Fsp3) is 0.643. The average molecular weight is 317 g/mol. The number of piperidine rings is 1. The Hall–Kier alpha value is -0.620. The fourth-order valence-corrected chi connectivity index (χ4v) is 3.34. The van der Waals surface area contributed by atoms with Crippen LogP contribution >= 0.6 is 22.9 Å². The van der Waals surface area contributed by atoms with Gasteiger partial charge < -0.3 is 15.4 Å². The predicted molar refractivity (Wildman–Crippen MR) is 82.9 cm³/mol. The molecule has 1 fully saturated rings. The van der Waals surface area contributed by atoms with Crippen LogP contribution in [0, 0.1) is 6.92 Å². The Labute approximate surface area is 128 Å². The second-order valence-corrected chi connectivity index (χ2v) is 6.25. The summed E-state index contributed by atoms with van der Waals surface area (Å²) in [6, 6.07) is 0. The lowest BCUT2D eigenvalue weighted by Gasteiger charge is -2.22. The number of halogens is 1. The molecule has 0 spiro atoms. The van der Waals surface area contributed by atoms with Gasteiger partial charge in [0.15, 0.2) is 0 Å². The second kappa shape index (κ2) is 7.98. The Balaban J connectivity index is 1.61. The molecule has 0 aliphatic carbocycles. The van der Waals surface area contributed by atoms with Gasteiger partial charge in [0.2, 0.25) is 0 Å². The van der Waals surface area contributed by atoms with Gasteiger partial charge in [0.1, 0.15) is 4.88 Å². The Kier molecular flexibility index (Phi) is 6.29. The van der Waals surface area contributed by atoms with Gasteiger partial charge in [-0.25, -0.2) is 0 Å². The van der Waals surface area contributed by atoms with Gasteiger partial charge in [-0.1, -0.05) is 11.6 Å². The number of amides is 1. The molecule has 1 aromatic heterocycles. The van der Waals surface area contributed by atoms with Crippen molar-refractivity contribution in [3.8, 4) is 0 Å². The molecule has 2 N–H and O–H groups in total. The van der Waals surface area contributed by atoms with Crippen LogP contribution in [-0.2, 0) is 4.74 Å². The van der Waals surface area contributed by atoms with Gasteiger partial charge >= 0.3 is 0 Å². The number of hydrogen-bond acceptors (Lipinski definition) is 4. The first-order chi connectivity index (χ1) is 9.68. The number of ether oxygens (including phenoxy) is 1. The molecule has 0 saturated carbocycles. The Morgan fingerprint density at radius 3 is 2.95 bits per heavy atom. The predicted octanol–water partition coefficient (Wildman–Crippen LogP) is 2.60. The van der Waals surface area contributed by atoms with Crippen molar-refractivity contribution < 1.29 is 9.53 Å². The van der Waals surface area contributed by atoms with Gasteiger partial charge in [0, 0.05) is 13.2 Å². The second-order valence-electron chi connectivity index (χ2n) is 4.99. The molecule has 1 saturated heterocycles. The third-order valence-electron chi connectivity index (χ3n) is 3.35. The molecule has 20 heavy (non-hydrogen) atoms. The maximum absolute atomic E-state index is 11.9. The number of carbonyl (C=O) groups is 1. The number of aryl methyl sites for hydroxylation is 1. The lowest BCUT2D eigenvalue weighted by atomic mass is 10.1. The normalized spacial score (nSPS) is 16.3. The average Bonchev–Trinajstić information content (AvgIpc) is 2.80. The van der Waals surface area contributed by atoms with Gasteiger partial charge in [-0.3, -0.25) is 4.79 Å². The highest BCUT2D eigenvalue weighted by atomic mass is 35.5. The van der Waals surface area contributed by atoms with Crippen LogP contribution in [0.3, 0.4) is 0 Å². The molecule has 1 aliphatic rings. The minimum absolute atomic E-state index is 0.0880. The highest BCUT2D eigenvalue weighted by molar-refractivity contribution is 7.13. The van der Waals surface area contributed by atoms with Crippen LogP contribution in [0.5, 0.6) is 0 Å². The number of thiophene rings is 1. The van der Waals surface area contributed by atoms with E-state index in [0.29, 0.717) is 29.2 Å². The van der Waals surface area contributed by atoms with Crippen molar-refractivity contribution in [1.82, 2.24) is 10.6 Å². The molecule has 6 heteroatoms. The fourth-order valence-electron chi connectivity index (χ4n) is 2.15. The van der Waals surface area contributed by atoms with Crippen molar-refractivity contribution in [2.45, 2.75) is 32.3 Å². The molecule has 0 bridgehead atoms. The van der Waals surface area contributed by atoms with Crippen LogP contribution in [0.1, 0.15) is 34.5 Å². The summed E-state index contributed by atoms with van der Waals surface area (Å²) in [5.74, 6) is -0.0880. The summed E-state index contributed by atoms with van der Waals surface area (Å²) in [5.41, 5.74) is 0.955. The SMILES string of the molecule is Cc1csc(C(=O)NCCCOC2CCNCC2)c1Cl. The molecule has 0 aromatic carbocycles. The van der Waals surface area contributed by atoms with Gasteiger partial charge in [0.05, 0.1) is 11.1 Å². The molecule has 0 atom stereocenters. The van der Waals surface area contributed by atoms with E-state index in [0.717, 1.165) is 37.9 Å². The molecular weight excluding hydrogens is 296 g/mol. The van der Waals surface area contributed by atoms with Gasteiger partial charge in [-0.05, 0) is 50.2 Å². The molecule has 2 heterocycles. The van der Waals surface area contributed by atoms with Gasteiger partial charge in [-0.2, -0.15) is 0 Å². The Bertz CT molecular complexity index is 444. The summed E-state index contributed by atoms with van der Waals surface area (Å²) in [4.78, 5) is 12.5. The molecule has 1 amide bonds. The molecular formula is C14H21ClN2O2S.